The van der Waals surface area contributed by atoms with Gasteiger partial charge in [0, 0.05) is 25.8 Å². The topological polar surface area (TPSA) is 76.6 Å². The van der Waals surface area contributed by atoms with E-state index in [-0.39, 0.29) is 5.91 Å². The highest BCUT2D eigenvalue weighted by Gasteiger charge is 2.22. The predicted molar refractivity (Wildman–Crippen MR) is 108 cm³/mol. The Hall–Kier alpha value is -2.83. The maximum atomic E-state index is 12.7. The third-order valence-corrected chi connectivity index (χ3v) is 5.09. The van der Waals surface area contributed by atoms with Crippen LogP contribution in [0.15, 0.2) is 30.5 Å². The molecule has 1 aromatic heterocycles. The van der Waals surface area contributed by atoms with Crippen LogP contribution in [-0.4, -0.2) is 54.6 Å². The van der Waals surface area contributed by atoms with Crippen molar-refractivity contribution in [1.29, 1.82) is 0 Å². The maximum absolute atomic E-state index is 12.7. The van der Waals surface area contributed by atoms with Crippen molar-refractivity contribution in [3.63, 3.8) is 0 Å². The first-order valence-electron chi connectivity index (χ1n) is 9.67. The molecule has 28 heavy (non-hydrogen) atoms. The van der Waals surface area contributed by atoms with Gasteiger partial charge in [-0.2, -0.15) is 0 Å². The molecule has 1 aliphatic rings. The van der Waals surface area contributed by atoms with E-state index in [2.05, 4.69) is 22.2 Å². The number of likely N-dealkylation sites (tertiary alicyclic amines) is 1. The lowest BCUT2D eigenvalue weighted by Gasteiger charge is -2.30. The number of piperidine rings is 1. The lowest BCUT2D eigenvalue weighted by molar-refractivity contribution is 0.0691. The number of nitrogens with zero attached hydrogens (tertiary/aromatic N) is 3. The first kappa shape index (κ1) is 19.9. The van der Waals surface area contributed by atoms with Gasteiger partial charge in [0.2, 0.25) is 5.95 Å². The van der Waals surface area contributed by atoms with Crippen molar-refractivity contribution in [3.05, 3.63) is 41.7 Å². The fourth-order valence-corrected chi connectivity index (χ4v) is 3.29. The molecule has 7 heteroatoms. The van der Waals surface area contributed by atoms with Gasteiger partial charge >= 0.3 is 0 Å². The Bertz CT molecular complexity index is 804. The van der Waals surface area contributed by atoms with E-state index in [0.717, 1.165) is 37.9 Å². The quantitative estimate of drug-likeness (QED) is 0.791. The van der Waals surface area contributed by atoms with E-state index < -0.39 is 0 Å². The number of rotatable bonds is 7. The molecular weight excluding hydrogens is 356 g/mol. The first-order valence-corrected chi connectivity index (χ1v) is 9.67. The number of carbonyl (C=O) groups is 1. The van der Waals surface area contributed by atoms with Crippen LogP contribution in [0.1, 0.15) is 35.8 Å². The summed E-state index contributed by atoms with van der Waals surface area (Å²) < 4.78 is 10.6. The summed E-state index contributed by atoms with van der Waals surface area (Å²) in [5.41, 5.74) is 1.55. The van der Waals surface area contributed by atoms with E-state index in [1.165, 1.54) is 0 Å². The molecule has 1 amide bonds. The van der Waals surface area contributed by atoms with Crippen molar-refractivity contribution < 1.29 is 14.3 Å². The standard InChI is InChI=1S/C21H28N4O3/c1-15-8-12-25(13-9-15)20(26)17-7-11-23-21(24-17)22-10-6-16-4-5-18(27-2)19(14-16)28-3/h4-5,7,11,14-15H,6,8-10,12-13H2,1-3H3,(H,22,23,24). The molecule has 0 saturated carbocycles. The van der Waals surface area contributed by atoms with Crippen molar-refractivity contribution in [2.24, 2.45) is 5.92 Å². The minimum absolute atomic E-state index is 0.0164. The SMILES string of the molecule is COc1ccc(CCNc2nccc(C(=O)N3CCC(C)CC3)n2)cc1OC. The molecule has 0 radical (unpaired) electrons. The summed E-state index contributed by atoms with van der Waals surface area (Å²) in [6.45, 7) is 4.47. The monoisotopic (exact) mass is 384 g/mol. The van der Waals surface area contributed by atoms with Gasteiger partial charge in [0.25, 0.3) is 5.91 Å². The lowest BCUT2D eigenvalue weighted by atomic mass is 9.99. The number of ether oxygens (including phenoxy) is 2. The number of amides is 1. The minimum Gasteiger partial charge on any atom is -0.493 e. The van der Waals surface area contributed by atoms with Crippen molar-refractivity contribution in [2.45, 2.75) is 26.2 Å². The molecule has 7 nitrogen and oxygen atoms in total. The summed E-state index contributed by atoms with van der Waals surface area (Å²) in [5.74, 6) is 2.55. The number of anilines is 1. The van der Waals surface area contributed by atoms with Crippen LogP contribution in [0.25, 0.3) is 0 Å². The highest BCUT2D eigenvalue weighted by Crippen LogP contribution is 2.27. The van der Waals surface area contributed by atoms with Crippen LogP contribution in [0.4, 0.5) is 5.95 Å². The molecule has 3 rings (SSSR count). The summed E-state index contributed by atoms with van der Waals surface area (Å²) in [4.78, 5) is 23.2. The van der Waals surface area contributed by atoms with Crippen molar-refractivity contribution in [3.8, 4) is 11.5 Å². The second kappa shape index (κ2) is 9.39. The summed E-state index contributed by atoms with van der Waals surface area (Å²) in [6.07, 6.45) is 4.50. The van der Waals surface area contributed by atoms with Gasteiger partial charge in [-0.15, -0.1) is 0 Å². The average Bonchev–Trinajstić information content (AvgIpc) is 2.74. The zero-order valence-corrected chi connectivity index (χ0v) is 16.8. The third-order valence-electron chi connectivity index (χ3n) is 5.09. The number of hydrogen-bond acceptors (Lipinski definition) is 6. The van der Waals surface area contributed by atoms with Crippen LogP contribution in [0.5, 0.6) is 11.5 Å². The van der Waals surface area contributed by atoms with Gasteiger partial charge in [-0.05, 0) is 48.9 Å². The summed E-state index contributed by atoms with van der Waals surface area (Å²) in [6, 6.07) is 7.53. The number of aromatic nitrogens is 2. The van der Waals surface area contributed by atoms with Crippen molar-refractivity contribution >= 4 is 11.9 Å². The van der Waals surface area contributed by atoms with Crippen molar-refractivity contribution in [1.82, 2.24) is 14.9 Å². The van der Waals surface area contributed by atoms with Gasteiger partial charge in [0.05, 0.1) is 14.2 Å². The zero-order chi connectivity index (χ0) is 19.9. The predicted octanol–water partition coefficient (Wildman–Crippen LogP) is 3.02. The largest absolute Gasteiger partial charge is 0.493 e. The van der Waals surface area contributed by atoms with Crippen LogP contribution in [0.3, 0.4) is 0 Å². The van der Waals surface area contributed by atoms with E-state index in [9.17, 15) is 4.79 Å². The van der Waals surface area contributed by atoms with Crippen LogP contribution in [0, 0.1) is 5.92 Å². The summed E-state index contributed by atoms with van der Waals surface area (Å²) >= 11 is 0. The van der Waals surface area contributed by atoms with Gasteiger partial charge in [-0.3, -0.25) is 4.79 Å². The van der Waals surface area contributed by atoms with E-state index >= 15 is 0 Å². The Morgan fingerprint density at radius 3 is 2.64 bits per heavy atom. The minimum atomic E-state index is -0.0164. The molecule has 1 N–H and O–H groups in total. The Labute approximate surface area is 166 Å². The molecule has 0 unspecified atom stereocenters. The van der Waals surface area contributed by atoms with Crippen LogP contribution >= 0.6 is 0 Å². The Morgan fingerprint density at radius 1 is 1.18 bits per heavy atom. The molecule has 0 bridgehead atoms. The molecule has 1 saturated heterocycles. The fraction of sp³-hybridized carbons (Fsp3) is 0.476. The molecule has 1 aromatic carbocycles. The summed E-state index contributed by atoms with van der Waals surface area (Å²) in [7, 11) is 3.24. The first-order chi connectivity index (χ1) is 13.6. The van der Waals surface area contributed by atoms with E-state index in [4.69, 9.17) is 9.47 Å². The van der Waals surface area contributed by atoms with Gasteiger partial charge < -0.3 is 19.7 Å². The number of hydrogen-bond donors (Lipinski definition) is 1. The number of carbonyl (C=O) groups excluding carboxylic acids is 1. The molecule has 0 aliphatic carbocycles. The second-order valence-corrected chi connectivity index (χ2v) is 7.11. The van der Waals surface area contributed by atoms with Crippen LogP contribution in [0.2, 0.25) is 0 Å². The Balaban J connectivity index is 1.57. The molecule has 2 aromatic rings. The lowest BCUT2D eigenvalue weighted by Crippen LogP contribution is -2.38. The van der Waals surface area contributed by atoms with Crippen molar-refractivity contribution in [2.75, 3.05) is 39.2 Å². The smallest absolute Gasteiger partial charge is 0.272 e. The third kappa shape index (κ3) is 4.91. The molecular formula is C21H28N4O3. The molecule has 0 spiro atoms. The normalized spacial score (nSPS) is 14.6. The fourth-order valence-electron chi connectivity index (χ4n) is 3.29. The van der Waals surface area contributed by atoms with Gasteiger partial charge in [0.1, 0.15) is 5.69 Å². The van der Waals surface area contributed by atoms with Crippen LogP contribution in [-0.2, 0) is 6.42 Å². The zero-order valence-electron chi connectivity index (χ0n) is 16.8. The van der Waals surface area contributed by atoms with E-state index in [1.54, 1.807) is 26.5 Å². The maximum Gasteiger partial charge on any atom is 0.272 e. The number of nitrogens with one attached hydrogen (secondary N) is 1. The van der Waals surface area contributed by atoms with Gasteiger partial charge in [-0.1, -0.05) is 13.0 Å². The second-order valence-electron chi connectivity index (χ2n) is 7.11. The molecule has 150 valence electrons. The Morgan fingerprint density at radius 2 is 1.93 bits per heavy atom. The Kier molecular flexibility index (Phi) is 6.68. The molecule has 2 heterocycles. The number of benzene rings is 1. The molecule has 1 aliphatic heterocycles. The molecule has 0 atom stereocenters. The highest BCUT2D eigenvalue weighted by molar-refractivity contribution is 5.92. The van der Waals surface area contributed by atoms with Gasteiger partial charge in [0.15, 0.2) is 11.5 Å². The van der Waals surface area contributed by atoms with Crippen LogP contribution < -0.4 is 14.8 Å². The number of methoxy groups -OCH3 is 2. The summed E-state index contributed by atoms with van der Waals surface area (Å²) in [5, 5.41) is 3.20. The highest BCUT2D eigenvalue weighted by atomic mass is 16.5. The average molecular weight is 384 g/mol. The molecule has 1 fully saturated rings. The van der Waals surface area contributed by atoms with E-state index in [0.29, 0.717) is 35.6 Å². The van der Waals surface area contributed by atoms with E-state index in [1.807, 2.05) is 23.1 Å². The van der Waals surface area contributed by atoms with Gasteiger partial charge in [-0.25, -0.2) is 9.97 Å².